The van der Waals surface area contributed by atoms with Crippen molar-refractivity contribution in [1.82, 2.24) is 20.4 Å². The number of carbonyl (C=O) groups is 1. The normalized spacial score (nSPS) is 12.5. The molecule has 0 aliphatic rings. The Morgan fingerprint density at radius 2 is 2.08 bits per heavy atom. The quantitative estimate of drug-likeness (QED) is 0.742. The highest BCUT2D eigenvalue weighted by Crippen LogP contribution is 2.23. The molecule has 2 aromatic heterocycles. The van der Waals surface area contributed by atoms with Crippen molar-refractivity contribution in [3.63, 3.8) is 0 Å². The number of rotatable bonds is 5. The molecule has 0 spiro atoms. The molecule has 0 saturated heterocycles. The van der Waals surface area contributed by atoms with E-state index >= 15 is 0 Å². The SMILES string of the molecule is CC(C)[C@H](N)C(=O)NCc1nc(-c2nccc3ccccc23)no1. The Balaban J connectivity index is 1.77. The number of nitrogens with zero attached hydrogens (tertiary/aromatic N) is 3. The zero-order valence-corrected chi connectivity index (χ0v) is 13.6. The summed E-state index contributed by atoms with van der Waals surface area (Å²) in [6.45, 7) is 3.92. The van der Waals surface area contributed by atoms with E-state index in [1.165, 1.54) is 0 Å². The average molecular weight is 325 g/mol. The molecule has 0 fully saturated rings. The van der Waals surface area contributed by atoms with Crippen molar-refractivity contribution >= 4 is 16.7 Å². The van der Waals surface area contributed by atoms with Gasteiger partial charge in [0.15, 0.2) is 0 Å². The predicted molar refractivity (Wildman–Crippen MR) is 89.7 cm³/mol. The maximum absolute atomic E-state index is 11.9. The summed E-state index contributed by atoms with van der Waals surface area (Å²) in [5.41, 5.74) is 6.44. The summed E-state index contributed by atoms with van der Waals surface area (Å²) in [6, 6.07) is 9.20. The van der Waals surface area contributed by atoms with Crippen LogP contribution >= 0.6 is 0 Å². The third-order valence-electron chi connectivity index (χ3n) is 3.79. The van der Waals surface area contributed by atoms with Gasteiger partial charge in [-0.2, -0.15) is 4.98 Å². The highest BCUT2D eigenvalue weighted by Gasteiger charge is 2.18. The standard InChI is InChI=1S/C17H19N5O2/c1-10(2)14(18)17(23)20-9-13-21-16(22-24-13)15-12-6-4-3-5-11(12)7-8-19-15/h3-8,10,14H,9,18H2,1-2H3,(H,20,23)/t14-/m0/s1. The first-order valence-corrected chi connectivity index (χ1v) is 7.76. The molecule has 3 N–H and O–H groups in total. The molecule has 1 aromatic carbocycles. The van der Waals surface area contributed by atoms with E-state index in [-0.39, 0.29) is 18.4 Å². The lowest BCUT2D eigenvalue weighted by Gasteiger charge is -2.14. The first-order valence-electron chi connectivity index (χ1n) is 7.76. The minimum atomic E-state index is -0.563. The average Bonchev–Trinajstić information content (AvgIpc) is 3.07. The Hall–Kier alpha value is -2.80. The molecule has 3 aromatic rings. The van der Waals surface area contributed by atoms with E-state index in [1.807, 2.05) is 44.2 Å². The minimum absolute atomic E-state index is 0.0585. The van der Waals surface area contributed by atoms with Gasteiger partial charge in [-0.15, -0.1) is 0 Å². The van der Waals surface area contributed by atoms with Crippen molar-refractivity contribution in [3.8, 4) is 11.5 Å². The number of aromatic nitrogens is 3. The second kappa shape index (κ2) is 6.76. The highest BCUT2D eigenvalue weighted by atomic mass is 16.5. The van der Waals surface area contributed by atoms with Gasteiger partial charge in [-0.1, -0.05) is 43.3 Å². The summed E-state index contributed by atoms with van der Waals surface area (Å²) in [7, 11) is 0. The van der Waals surface area contributed by atoms with Crippen molar-refractivity contribution < 1.29 is 9.32 Å². The molecule has 1 amide bonds. The van der Waals surface area contributed by atoms with Gasteiger partial charge in [0, 0.05) is 11.6 Å². The van der Waals surface area contributed by atoms with Gasteiger partial charge in [-0.3, -0.25) is 9.78 Å². The molecular formula is C17H19N5O2. The molecule has 0 radical (unpaired) electrons. The molecule has 0 saturated carbocycles. The summed E-state index contributed by atoms with van der Waals surface area (Å²) >= 11 is 0. The number of benzene rings is 1. The van der Waals surface area contributed by atoms with Crippen LogP contribution in [0.2, 0.25) is 0 Å². The lowest BCUT2D eigenvalue weighted by molar-refractivity contribution is -0.123. The van der Waals surface area contributed by atoms with Gasteiger partial charge >= 0.3 is 0 Å². The van der Waals surface area contributed by atoms with Crippen molar-refractivity contribution in [2.24, 2.45) is 11.7 Å². The second-order valence-corrected chi connectivity index (χ2v) is 5.88. The summed E-state index contributed by atoms with van der Waals surface area (Å²) in [4.78, 5) is 20.5. The van der Waals surface area contributed by atoms with Gasteiger partial charge in [0.25, 0.3) is 0 Å². The van der Waals surface area contributed by atoms with Crippen LogP contribution in [0.5, 0.6) is 0 Å². The molecule has 0 aliphatic carbocycles. The van der Waals surface area contributed by atoms with E-state index in [4.69, 9.17) is 10.3 Å². The van der Waals surface area contributed by atoms with Crippen LogP contribution in [-0.4, -0.2) is 27.1 Å². The summed E-state index contributed by atoms with van der Waals surface area (Å²) in [5.74, 6) is 0.518. The van der Waals surface area contributed by atoms with Crippen LogP contribution in [0.1, 0.15) is 19.7 Å². The van der Waals surface area contributed by atoms with E-state index in [2.05, 4.69) is 20.4 Å². The zero-order chi connectivity index (χ0) is 17.1. The van der Waals surface area contributed by atoms with Crippen LogP contribution in [0.4, 0.5) is 0 Å². The lowest BCUT2D eigenvalue weighted by atomic mass is 10.1. The summed E-state index contributed by atoms with van der Waals surface area (Å²) < 4.78 is 5.20. The van der Waals surface area contributed by atoms with Gasteiger partial charge in [-0.05, 0) is 17.4 Å². The Labute approximate surface area is 139 Å². The minimum Gasteiger partial charge on any atom is -0.346 e. The van der Waals surface area contributed by atoms with Crippen LogP contribution in [0.25, 0.3) is 22.3 Å². The number of nitrogens with two attached hydrogens (primary N) is 1. The maximum Gasteiger partial charge on any atom is 0.246 e. The van der Waals surface area contributed by atoms with Crippen LogP contribution in [0.3, 0.4) is 0 Å². The van der Waals surface area contributed by atoms with Crippen LogP contribution in [0.15, 0.2) is 41.1 Å². The van der Waals surface area contributed by atoms with Gasteiger partial charge in [-0.25, -0.2) is 0 Å². The first kappa shape index (κ1) is 16.1. The first-order chi connectivity index (χ1) is 11.6. The maximum atomic E-state index is 11.9. The monoisotopic (exact) mass is 325 g/mol. The molecule has 1 atom stereocenters. The molecule has 0 aliphatic heterocycles. The molecule has 24 heavy (non-hydrogen) atoms. The lowest BCUT2D eigenvalue weighted by Crippen LogP contribution is -2.43. The smallest absolute Gasteiger partial charge is 0.246 e. The Kier molecular flexibility index (Phi) is 4.52. The fourth-order valence-corrected chi connectivity index (χ4v) is 2.30. The topological polar surface area (TPSA) is 107 Å². The van der Waals surface area contributed by atoms with Gasteiger partial charge in [0.05, 0.1) is 12.6 Å². The number of carbonyl (C=O) groups excluding carboxylic acids is 1. The van der Waals surface area contributed by atoms with Crippen molar-refractivity contribution in [2.75, 3.05) is 0 Å². The van der Waals surface area contributed by atoms with Crippen molar-refractivity contribution in [1.29, 1.82) is 0 Å². The Bertz CT molecular complexity index is 854. The molecule has 2 heterocycles. The van der Waals surface area contributed by atoms with E-state index in [0.717, 1.165) is 10.8 Å². The highest BCUT2D eigenvalue weighted by molar-refractivity contribution is 5.92. The molecule has 124 valence electrons. The van der Waals surface area contributed by atoms with Crippen molar-refractivity contribution in [2.45, 2.75) is 26.4 Å². The summed E-state index contributed by atoms with van der Waals surface area (Å²) in [5, 5.41) is 8.65. The fourth-order valence-electron chi connectivity index (χ4n) is 2.30. The van der Waals surface area contributed by atoms with Gasteiger partial charge in [0.2, 0.25) is 17.6 Å². The van der Waals surface area contributed by atoms with Crippen LogP contribution < -0.4 is 11.1 Å². The number of amides is 1. The van der Waals surface area contributed by atoms with Crippen LogP contribution in [0, 0.1) is 5.92 Å². The third kappa shape index (κ3) is 3.26. The number of hydrogen-bond acceptors (Lipinski definition) is 6. The molecular weight excluding hydrogens is 306 g/mol. The van der Waals surface area contributed by atoms with E-state index < -0.39 is 6.04 Å². The summed E-state index contributed by atoms with van der Waals surface area (Å²) in [6.07, 6.45) is 1.71. The largest absolute Gasteiger partial charge is 0.346 e. The molecule has 0 unspecified atom stereocenters. The van der Waals surface area contributed by atoms with E-state index in [1.54, 1.807) is 6.20 Å². The number of nitrogens with one attached hydrogen (secondary N) is 1. The second-order valence-electron chi connectivity index (χ2n) is 5.88. The third-order valence-corrected chi connectivity index (χ3v) is 3.79. The number of fused-ring (bicyclic) bond motifs is 1. The van der Waals surface area contributed by atoms with Gasteiger partial charge < -0.3 is 15.6 Å². The Morgan fingerprint density at radius 3 is 2.88 bits per heavy atom. The number of pyridine rings is 1. The number of hydrogen-bond donors (Lipinski definition) is 2. The van der Waals surface area contributed by atoms with Gasteiger partial charge in [0.1, 0.15) is 5.69 Å². The Morgan fingerprint density at radius 1 is 1.29 bits per heavy atom. The van der Waals surface area contributed by atoms with E-state index in [9.17, 15) is 4.79 Å². The van der Waals surface area contributed by atoms with E-state index in [0.29, 0.717) is 17.4 Å². The fraction of sp³-hybridized carbons (Fsp3) is 0.294. The van der Waals surface area contributed by atoms with Crippen LogP contribution in [-0.2, 0) is 11.3 Å². The molecule has 3 rings (SSSR count). The zero-order valence-electron chi connectivity index (χ0n) is 13.6. The van der Waals surface area contributed by atoms with Crippen molar-refractivity contribution in [3.05, 3.63) is 42.4 Å². The molecule has 0 bridgehead atoms. The molecule has 7 nitrogen and oxygen atoms in total. The predicted octanol–water partition coefficient (Wildman–Crippen LogP) is 1.88. The molecule has 7 heteroatoms.